The number of benzene rings is 8. The van der Waals surface area contributed by atoms with E-state index in [1.54, 1.807) is 0 Å². The fourth-order valence-electron chi connectivity index (χ4n) is 9.03. The van der Waals surface area contributed by atoms with Crippen LogP contribution < -0.4 is 5.73 Å². The highest BCUT2D eigenvalue weighted by atomic mass is 15.0. The van der Waals surface area contributed by atoms with Crippen LogP contribution in [0.25, 0.3) is 78.7 Å². The second-order valence-corrected chi connectivity index (χ2v) is 14.6. The first-order chi connectivity index (χ1) is 27.7. The standard InChI is InChI=1S/C52H34N4/c53-47-24-12-23-46-48(47)42-32-38(29-30-45(42)52(46)43-21-9-7-19-40(43)41-20-8-10-22-44(41)52)34-27-25-33(26-28-34)37-17-11-18-39(31-37)51-55-49(35-13-3-1-4-14-35)54-50(56-51)36-15-5-2-6-16-36/h1-32H,53H2. The van der Waals surface area contributed by atoms with Gasteiger partial charge in [0.1, 0.15) is 0 Å². The summed E-state index contributed by atoms with van der Waals surface area (Å²) in [6.45, 7) is 0. The lowest BCUT2D eigenvalue weighted by atomic mass is 9.70. The number of rotatable bonds is 5. The summed E-state index contributed by atoms with van der Waals surface area (Å²) in [6.07, 6.45) is 0. The maximum absolute atomic E-state index is 6.87. The van der Waals surface area contributed by atoms with E-state index in [0.717, 1.165) is 50.2 Å². The van der Waals surface area contributed by atoms with Gasteiger partial charge in [0, 0.05) is 27.9 Å². The van der Waals surface area contributed by atoms with Gasteiger partial charge in [0.05, 0.1) is 5.41 Å². The van der Waals surface area contributed by atoms with Crippen molar-refractivity contribution in [1.82, 2.24) is 15.0 Å². The molecule has 11 rings (SSSR count). The molecule has 2 aliphatic carbocycles. The van der Waals surface area contributed by atoms with Crippen molar-refractivity contribution in [2.24, 2.45) is 0 Å². The van der Waals surface area contributed by atoms with Crippen molar-refractivity contribution in [2.45, 2.75) is 5.41 Å². The van der Waals surface area contributed by atoms with Crippen LogP contribution in [0.2, 0.25) is 0 Å². The average Bonchev–Trinajstić information content (AvgIpc) is 3.75. The predicted octanol–water partition coefficient (Wildman–Crippen LogP) is 12.1. The fourth-order valence-corrected chi connectivity index (χ4v) is 9.03. The minimum Gasteiger partial charge on any atom is -0.398 e. The second kappa shape index (κ2) is 12.6. The first kappa shape index (κ1) is 32.0. The summed E-state index contributed by atoms with van der Waals surface area (Å²) in [5.41, 5.74) is 24.7. The van der Waals surface area contributed by atoms with E-state index in [9.17, 15) is 0 Å². The van der Waals surface area contributed by atoms with E-state index in [4.69, 9.17) is 20.7 Å². The Bertz CT molecular complexity index is 2870. The third-order valence-electron chi connectivity index (χ3n) is 11.5. The number of nitrogens with two attached hydrogens (primary N) is 1. The maximum Gasteiger partial charge on any atom is 0.164 e. The van der Waals surface area contributed by atoms with Crippen LogP contribution in [0.3, 0.4) is 0 Å². The number of hydrogen-bond acceptors (Lipinski definition) is 4. The normalized spacial score (nSPS) is 12.9. The zero-order valence-electron chi connectivity index (χ0n) is 30.4. The maximum atomic E-state index is 6.87. The van der Waals surface area contributed by atoms with Crippen molar-refractivity contribution < 1.29 is 0 Å². The molecule has 4 nitrogen and oxygen atoms in total. The first-order valence-corrected chi connectivity index (χ1v) is 19.0. The Morgan fingerprint density at radius 3 is 1.34 bits per heavy atom. The lowest BCUT2D eigenvalue weighted by Crippen LogP contribution is -2.25. The number of hydrogen-bond donors (Lipinski definition) is 1. The zero-order valence-corrected chi connectivity index (χ0v) is 30.4. The Morgan fingerprint density at radius 2 is 0.732 bits per heavy atom. The van der Waals surface area contributed by atoms with E-state index < -0.39 is 5.41 Å². The number of nitrogen functional groups attached to an aromatic ring is 1. The molecule has 9 aromatic rings. The van der Waals surface area contributed by atoms with E-state index in [0.29, 0.717) is 17.5 Å². The Morgan fingerprint density at radius 1 is 0.304 bits per heavy atom. The molecule has 1 aromatic heterocycles. The molecule has 0 fully saturated rings. The fraction of sp³-hybridized carbons (Fsp3) is 0.0192. The topological polar surface area (TPSA) is 64.7 Å². The van der Waals surface area contributed by atoms with Gasteiger partial charge in [-0.25, -0.2) is 15.0 Å². The van der Waals surface area contributed by atoms with Crippen molar-refractivity contribution in [1.29, 1.82) is 0 Å². The third kappa shape index (κ3) is 4.83. The molecule has 1 spiro atoms. The molecule has 8 aromatic carbocycles. The SMILES string of the molecule is Nc1cccc2c1-c1cc(-c3ccc(-c4cccc(-c5nc(-c6ccccc6)nc(-c6ccccc6)n5)c4)cc3)ccc1C21c2ccccc2-c2ccccc21. The molecule has 2 N–H and O–H groups in total. The molecule has 1 heterocycles. The van der Waals surface area contributed by atoms with Crippen molar-refractivity contribution >= 4 is 5.69 Å². The predicted molar refractivity (Wildman–Crippen MR) is 228 cm³/mol. The summed E-state index contributed by atoms with van der Waals surface area (Å²) in [6, 6.07) is 68.5. The van der Waals surface area contributed by atoms with Crippen molar-refractivity contribution in [3.05, 3.63) is 216 Å². The molecule has 0 amide bonds. The van der Waals surface area contributed by atoms with Crippen molar-refractivity contribution in [3.63, 3.8) is 0 Å². The smallest absolute Gasteiger partial charge is 0.164 e. The number of anilines is 1. The van der Waals surface area contributed by atoms with Crippen LogP contribution in [0.15, 0.2) is 194 Å². The van der Waals surface area contributed by atoms with E-state index in [1.165, 1.54) is 38.9 Å². The lowest BCUT2D eigenvalue weighted by Gasteiger charge is -2.30. The molecule has 4 heteroatoms. The minimum atomic E-state index is -0.414. The molecule has 2 aliphatic rings. The Hall–Kier alpha value is -7.43. The molecule has 0 saturated heterocycles. The molecular weight excluding hydrogens is 681 g/mol. The molecule has 0 atom stereocenters. The molecule has 56 heavy (non-hydrogen) atoms. The van der Waals surface area contributed by atoms with E-state index in [-0.39, 0.29) is 0 Å². The average molecular weight is 715 g/mol. The molecule has 0 bridgehead atoms. The van der Waals surface area contributed by atoms with Crippen molar-refractivity contribution in [3.8, 4) is 78.7 Å². The number of fused-ring (bicyclic) bond motifs is 10. The summed E-state index contributed by atoms with van der Waals surface area (Å²) in [5, 5.41) is 0. The highest BCUT2D eigenvalue weighted by molar-refractivity contribution is 5.99. The third-order valence-corrected chi connectivity index (χ3v) is 11.5. The van der Waals surface area contributed by atoms with Gasteiger partial charge >= 0.3 is 0 Å². The number of aromatic nitrogens is 3. The Labute approximate surface area is 325 Å². The Balaban J connectivity index is 0.976. The molecular formula is C52H34N4. The van der Waals surface area contributed by atoms with Gasteiger partial charge in [0.15, 0.2) is 17.5 Å². The molecule has 0 saturated carbocycles. The van der Waals surface area contributed by atoms with Gasteiger partial charge in [-0.2, -0.15) is 0 Å². The van der Waals surface area contributed by atoms with Gasteiger partial charge in [-0.3, -0.25) is 0 Å². The molecule has 262 valence electrons. The van der Waals surface area contributed by atoms with Crippen LogP contribution in [0.4, 0.5) is 5.69 Å². The van der Waals surface area contributed by atoms with Gasteiger partial charge < -0.3 is 5.73 Å². The van der Waals surface area contributed by atoms with Gasteiger partial charge in [-0.05, 0) is 79.4 Å². The highest BCUT2D eigenvalue weighted by Crippen LogP contribution is 2.63. The second-order valence-electron chi connectivity index (χ2n) is 14.6. The molecule has 0 unspecified atom stereocenters. The van der Waals surface area contributed by atoms with Crippen molar-refractivity contribution in [2.75, 3.05) is 5.73 Å². The molecule has 0 aliphatic heterocycles. The van der Waals surface area contributed by atoms with Crippen LogP contribution in [-0.4, -0.2) is 15.0 Å². The van der Waals surface area contributed by atoms with E-state index in [2.05, 4.69) is 127 Å². The first-order valence-electron chi connectivity index (χ1n) is 19.0. The summed E-state index contributed by atoms with van der Waals surface area (Å²) in [5.74, 6) is 1.93. The minimum absolute atomic E-state index is 0.414. The summed E-state index contributed by atoms with van der Waals surface area (Å²) >= 11 is 0. The molecule has 0 radical (unpaired) electrons. The van der Waals surface area contributed by atoms with Crippen LogP contribution in [0, 0.1) is 0 Å². The van der Waals surface area contributed by atoms with Crippen LogP contribution in [-0.2, 0) is 5.41 Å². The quantitative estimate of drug-likeness (QED) is 0.180. The number of nitrogens with zero attached hydrogens (tertiary/aromatic N) is 3. The monoisotopic (exact) mass is 714 g/mol. The summed E-state index contributed by atoms with van der Waals surface area (Å²) in [4.78, 5) is 14.8. The van der Waals surface area contributed by atoms with Gasteiger partial charge in [-0.15, -0.1) is 0 Å². The van der Waals surface area contributed by atoms with Crippen LogP contribution >= 0.6 is 0 Å². The summed E-state index contributed by atoms with van der Waals surface area (Å²) < 4.78 is 0. The summed E-state index contributed by atoms with van der Waals surface area (Å²) in [7, 11) is 0. The zero-order chi connectivity index (χ0) is 37.2. The van der Waals surface area contributed by atoms with E-state index >= 15 is 0 Å². The van der Waals surface area contributed by atoms with Gasteiger partial charge in [0.2, 0.25) is 0 Å². The Kier molecular flexibility index (Phi) is 7.20. The highest BCUT2D eigenvalue weighted by Gasteiger charge is 2.52. The van der Waals surface area contributed by atoms with Gasteiger partial charge in [-0.1, -0.05) is 176 Å². The van der Waals surface area contributed by atoms with Crippen LogP contribution in [0.5, 0.6) is 0 Å². The largest absolute Gasteiger partial charge is 0.398 e. The van der Waals surface area contributed by atoms with E-state index in [1.807, 2.05) is 66.7 Å². The van der Waals surface area contributed by atoms with Gasteiger partial charge in [0.25, 0.3) is 0 Å². The van der Waals surface area contributed by atoms with Crippen LogP contribution in [0.1, 0.15) is 22.3 Å². The lowest BCUT2D eigenvalue weighted by molar-refractivity contribution is 0.794.